The number of rotatable bonds is 2. The third-order valence-corrected chi connectivity index (χ3v) is 3.26. The van der Waals surface area contributed by atoms with E-state index in [-0.39, 0.29) is 17.7 Å². The van der Waals surface area contributed by atoms with Gasteiger partial charge in [0.25, 0.3) is 0 Å². The fraction of sp³-hybridized carbons (Fsp3) is 0.364. The molecule has 3 N–H and O–H groups in total. The number of hydrogen-bond donors (Lipinski definition) is 3. The van der Waals surface area contributed by atoms with Crippen LogP contribution in [-0.2, 0) is 4.79 Å². The summed E-state index contributed by atoms with van der Waals surface area (Å²) in [6.07, 6.45) is 1.86. The van der Waals surface area contributed by atoms with Crippen molar-refractivity contribution in [1.82, 2.24) is 5.32 Å². The van der Waals surface area contributed by atoms with E-state index in [1.54, 1.807) is 18.2 Å². The van der Waals surface area contributed by atoms with E-state index in [0.29, 0.717) is 10.2 Å². The lowest BCUT2D eigenvalue weighted by Gasteiger charge is -2.12. The normalized spacial score (nSPS) is 19.7. The van der Waals surface area contributed by atoms with Gasteiger partial charge < -0.3 is 15.7 Å². The quantitative estimate of drug-likeness (QED) is 0.727. The molecule has 16 heavy (non-hydrogen) atoms. The standard InChI is InChI=1S/C11H13BrN2O2/c12-7-3-1-4-8(10(7)15)14-11(16)9-5-2-6-13-9/h1,3-4,9,13,15H,2,5-6H2,(H,14,16)/t9-/m1/s1. The summed E-state index contributed by atoms with van der Waals surface area (Å²) in [6, 6.07) is 5.02. The van der Waals surface area contributed by atoms with Crippen LogP contribution in [0, 0.1) is 0 Å². The van der Waals surface area contributed by atoms with E-state index < -0.39 is 0 Å². The Morgan fingerprint density at radius 2 is 2.38 bits per heavy atom. The maximum Gasteiger partial charge on any atom is 0.241 e. The molecule has 0 bridgehead atoms. The van der Waals surface area contributed by atoms with Gasteiger partial charge in [0, 0.05) is 0 Å². The molecule has 86 valence electrons. The summed E-state index contributed by atoms with van der Waals surface area (Å²) in [5.74, 6) is -0.0280. The van der Waals surface area contributed by atoms with Crippen molar-refractivity contribution >= 4 is 27.5 Å². The third-order valence-electron chi connectivity index (χ3n) is 2.62. The highest BCUT2D eigenvalue weighted by Crippen LogP contribution is 2.31. The van der Waals surface area contributed by atoms with Crippen LogP contribution >= 0.6 is 15.9 Å². The lowest BCUT2D eigenvalue weighted by molar-refractivity contribution is -0.117. The molecule has 0 radical (unpaired) electrons. The van der Waals surface area contributed by atoms with Crippen molar-refractivity contribution in [3.05, 3.63) is 22.7 Å². The van der Waals surface area contributed by atoms with E-state index in [1.807, 2.05) is 0 Å². The molecule has 1 heterocycles. The average Bonchev–Trinajstić information content (AvgIpc) is 2.78. The second kappa shape index (κ2) is 4.84. The lowest BCUT2D eigenvalue weighted by Crippen LogP contribution is -2.35. The number of amides is 1. The van der Waals surface area contributed by atoms with E-state index in [2.05, 4.69) is 26.6 Å². The minimum absolute atomic E-state index is 0.0637. The van der Waals surface area contributed by atoms with Gasteiger partial charge >= 0.3 is 0 Å². The molecule has 4 nitrogen and oxygen atoms in total. The molecule has 1 atom stereocenters. The van der Waals surface area contributed by atoms with E-state index in [9.17, 15) is 9.90 Å². The maximum atomic E-state index is 11.8. The number of phenols is 1. The molecule has 1 aromatic carbocycles. The predicted molar refractivity (Wildman–Crippen MR) is 65.5 cm³/mol. The average molecular weight is 285 g/mol. The molecule has 0 spiro atoms. The van der Waals surface area contributed by atoms with E-state index in [1.165, 1.54) is 0 Å². The van der Waals surface area contributed by atoms with E-state index in [4.69, 9.17) is 0 Å². The molecule has 1 amide bonds. The van der Waals surface area contributed by atoms with Gasteiger partial charge in [0.05, 0.1) is 16.2 Å². The molecule has 0 saturated carbocycles. The molecule has 0 aliphatic carbocycles. The number of benzene rings is 1. The first kappa shape index (κ1) is 11.4. The van der Waals surface area contributed by atoms with Crippen molar-refractivity contribution in [3.8, 4) is 5.75 Å². The van der Waals surface area contributed by atoms with Crippen LogP contribution in [0.3, 0.4) is 0 Å². The predicted octanol–water partition coefficient (Wildman–Crippen LogP) is 1.85. The molecule has 0 unspecified atom stereocenters. The van der Waals surface area contributed by atoms with Crippen molar-refractivity contribution in [2.75, 3.05) is 11.9 Å². The zero-order chi connectivity index (χ0) is 11.5. The largest absolute Gasteiger partial charge is 0.505 e. The first-order valence-corrected chi connectivity index (χ1v) is 5.99. The van der Waals surface area contributed by atoms with Crippen molar-refractivity contribution < 1.29 is 9.90 Å². The van der Waals surface area contributed by atoms with Gasteiger partial charge in [-0.25, -0.2) is 0 Å². The Morgan fingerprint density at radius 1 is 1.56 bits per heavy atom. The monoisotopic (exact) mass is 284 g/mol. The van der Waals surface area contributed by atoms with Crippen LogP contribution in [0.1, 0.15) is 12.8 Å². The SMILES string of the molecule is O=C(Nc1cccc(Br)c1O)[C@H]1CCCN1. The Bertz CT molecular complexity index is 403. The van der Waals surface area contributed by atoms with Crippen LogP contribution < -0.4 is 10.6 Å². The fourth-order valence-corrected chi connectivity index (χ4v) is 2.11. The van der Waals surface area contributed by atoms with Crippen molar-refractivity contribution in [3.63, 3.8) is 0 Å². The van der Waals surface area contributed by atoms with Gasteiger partial charge in [0.2, 0.25) is 5.91 Å². The fourth-order valence-electron chi connectivity index (χ4n) is 1.74. The Balaban J connectivity index is 2.08. The second-order valence-corrected chi connectivity index (χ2v) is 4.63. The van der Waals surface area contributed by atoms with Gasteiger partial charge in [-0.3, -0.25) is 4.79 Å². The van der Waals surface area contributed by atoms with Gasteiger partial charge in [-0.1, -0.05) is 6.07 Å². The Kier molecular flexibility index (Phi) is 3.46. The number of carbonyl (C=O) groups is 1. The smallest absolute Gasteiger partial charge is 0.241 e. The van der Waals surface area contributed by atoms with E-state index >= 15 is 0 Å². The molecule has 1 aliphatic heterocycles. The first-order chi connectivity index (χ1) is 7.68. The van der Waals surface area contributed by atoms with Gasteiger partial charge in [0.15, 0.2) is 5.75 Å². The Morgan fingerprint density at radius 3 is 3.06 bits per heavy atom. The maximum absolute atomic E-state index is 11.8. The first-order valence-electron chi connectivity index (χ1n) is 5.20. The minimum Gasteiger partial charge on any atom is -0.505 e. The number of hydrogen-bond acceptors (Lipinski definition) is 3. The van der Waals surface area contributed by atoms with Crippen molar-refractivity contribution in [1.29, 1.82) is 0 Å². The summed E-state index contributed by atoms with van der Waals surface area (Å²) in [5, 5.41) is 15.5. The van der Waals surface area contributed by atoms with Gasteiger partial charge in [-0.2, -0.15) is 0 Å². The minimum atomic E-state index is -0.140. The summed E-state index contributed by atoms with van der Waals surface area (Å²) >= 11 is 3.20. The highest BCUT2D eigenvalue weighted by molar-refractivity contribution is 9.10. The molecule has 2 rings (SSSR count). The van der Waals surface area contributed by atoms with Crippen LogP contribution in [0.25, 0.3) is 0 Å². The second-order valence-electron chi connectivity index (χ2n) is 3.77. The van der Waals surface area contributed by atoms with Crippen LogP contribution in [0.2, 0.25) is 0 Å². The van der Waals surface area contributed by atoms with E-state index in [0.717, 1.165) is 19.4 Å². The summed E-state index contributed by atoms with van der Waals surface area (Å²) in [4.78, 5) is 11.8. The zero-order valence-electron chi connectivity index (χ0n) is 8.66. The van der Waals surface area contributed by atoms with Crippen LogP contribution in [-0.4, -0.2) is 23.6 Å². The molecular formula is C11H13BrN2O2. The topological polar surface area (TPSA) is 61.4 Å². The van der Waals surface area contributed by atoms with Crippen LogP contribution in [0.15, 0.2) is 22.7 Å². The zero-order valence-corrected chi connectivity index (χ0v) is 10.3. The molecule has 1 saturated heterocycles. The molecule has 1 aromatic rings. The Labute approximate surface area is 102 Å². The van der Waals surface area contributed by atoms with Crippen molar-refractivity contribution in [2.24, 2.45) is 0 Å². The molecular weight excluding hydrogens is 272 g/mol. The number of nitrogens with one attached hydrogen (secondary N) is 2. The Hall–Kier alpha value is -1.07. The summed E-state index contributed by atoms with van der Waals surface area (Å²) in [7, 11) is 0. The third kappa shape index (κ3) is 2.36. The molecule has 1 aliphatic rings. The highest BCUT2D eigenvalue weighted by Gasteiger charge is 2.22. The molecule has 0 aromatic heterocycles. The van der Waals surface area contributed by atoms with Gasteiger partial charge in [-0.05, 0) is 47.4 Å². The lowest BCUT2D eigenvalue weighted by atomic mass is 10.2. The molecule has 5 heteroatoms. The molecule has 1 fully saturated rings. The number of para-hydroxylation sites is 1. The number of halogens is 1. The number of carbonyl (C=O) groups excluding carboxylic acids is 1. The van der Waals surface area contributed by atoms with Crippen LogP contribution in [0.4, 0.5) is 5.69 Å². The number of aromatic hydroxyl groups is 1. The number of phenolic OH excluding ortho intramolecular Hbond substituents is 1. The number of anilines is 1. The summed E-state index contributed by atoms with van der Waals surface area (Å²) in [6.45, 7) is 0.878. The van der Waals surface area contributed by atoms with Gasteiger partial charge in [-0.15, -0.1) is 0 Å². The van der Waals surface area contributed by atoms with Crippen molar-refractivity contribution in [2.45, 2.75) is 18.9 Å². The van der Waals surface area contributed by atoms with Crippen LogP contribution in [0.5, 0.6) is 5.75 Å². The summed E-state index contributed by atoms with van der Waals surface area (Å²) < 4.78 is 0.574. The highest BCUT2D eigenvalue weighted by atomic mass is 79.9. The summed E-state index contributed by atoms with van der Waals surface area (Å²) in [5.41, 5.74) is 0.438. The van der Waals surface area contributed by atoms with Gasteiger partial charge in [0.1, 0.15) is 0 Å².